The van der Waals surface area contributed by atoms with Gasteiger partial charge in [0.1, 0.15) is 5.54 Å². The van der Waals surface area contributed by atoms with E-state index in [-0.39, 0.29) is 5.97 Å². The number of esters is 1. The van der Waals surface area contributed by atoms with E-state index in [4.69, 9.17) is 4.74 Å². The molecule has 0 radical (unpaired) electrons. The number of piperazine rings is 1. The van der Waals surface area contributed by atoms with E-state index in [2.05, 4.69) is 15.1 Å². The lowest BCUT2D eigenvalue weighted by atomic mass is 9.96. The van der Waals surface area contributed by atoms with Gasteiger partial charge in [-0.3, -0.25) is 9.69 Å². The predicted molar refractivity (Wildman–Crippen MR) is 79.7 cm³/mol. The molecule has 0 amide bonds. The standard InChI is InChI=1S/C15H29N3O2/c1-15(16-2,14(19)20-3)7-5-8-17-10-11-18-9-4-6-13(18)12-17/h13,16H,4-12H2,1-3H3. The maximum atomic E-state index is 11.8. The minimum absolute atomic E-state index is 0.166. The molecular weight excluding hydrogens is 254 g/mol. The Morgan fingerprint density at radius 3 is 2.90 bits per heavy atom. The van der Waals surface area contributed by atoms with Crippen molar-refractivity contribution in [2.75, 3.05) is 46.9 Å². The van der Waals surface area contributed by atoms with Gasteiger partial charge in [0.05, 0.1) is 7.11 Å². The van der Waals surface area contributed by atoms with Gasteiger partial charge in [-0.25, -0.2) is 0 Å². The van der Waals surface area contributed by atoms with E-state index in [9.17, 15) is 4.79 Å². The van der Waals surface area contributed by atoms with Gasteiger partial charge in [0, 0.05) is 25.7 Å². The van der Waals surface area contributed by atoms with Crippen LogP contribution in [-0.4, -0.2) is 74.2 Å². The first kappa shape index (κ1) is 15.7. The van der Waals surface area contributed by atoms with Crippen molar-refractivity contribution in [3.63, 3.8) is 0 Å². The normalized spacial score (nSPS) is 27.1. The smallest absolute Gasteiger partial charge is 0.325 e. The van der Waals surface area contributed by atoms with Crippen molar-refractivity contribution in [1.82, 2.24) is 15.1 Å². The summed E-state index contributed by atoms with van der Waals surface area (Å²) in [4.78, 5) is 17.0. The number of methoxy groups -OCH3 is 1. The van der Waals surface area contributed by atoms with E-state index in [1.165, 1.54) is 46.1 Å². The van der Waals surface area contributed by atoms with Gasteiger partial charge in [0.2, 0.25) is 0 Å². The highest BCUT2D eigenvalue weighted by molar-refractivity contribution is 5.80. The molecule has 5 nitrogen and oxygen atoms in total. The third-order valence-corrected chi connectivity index (χ3v) is 5.01. The zero-order chi connectivity index (χ0) is 14.6. The molecule has 0 aromatic carbocycles. The molecule has 1 N–H and O–H groups in total. The molecular formula is C15H29N3O2. The summed E-state index contributed by atoms with van der Waals surface area (Å²) < 4.78 is 4.88. The number of nitrogens with zero attached hydrogens (tertiary/aromatic N) is 2. The molecule has 20 heavy (non-hydrogen) atoms. The third kappa shape index (κ3) is 3.51. The molecule has 5 heteroatoms. The SMILES string of the molecule is CNC(C)(CCCN1CCN2CCCC2C1)C(=O)OC. The predicted octanol–water partition coefficient (Wildman–Crippen LogP) is 0.698. The molecule has 2 fully saturated rings. The number of carbonyl (C=O) groups is 1. The van der Waals surface area contributed by atoms with Gasteiger partial charge in [-0.05, 0) is 52.7 Å². The zero-order valence-corrected chi connectivity index (χ0v) is 13.2. The van der Waals surface area contributed by atoms with Crippen molar-refractivity contribution >= 4 is 5.97 Å². The number of fused-ring (bicyclic) bond motifs is 1. The van der Waals surface area contributed by atoms with Crippen molar-refractivity contribution in [3.8, 4) is 0 Å². The van der Waals surface area contributed by atoms with Crippen LogP contribution in [0.15, 0.2) is 0 Å². The lowest BCUT2D eigenvalue weighted by Gasteiger charge is -2.38. The number of ether oxygens (including phenoxy) is 1. The van der Waals surface area contributed by atoms with Gasteiger partial charge in [-0.2, -0.15) is 0 Å². The van der Waals surface area contributed by atoms with Crippen LogP contribution >= 0.6 is 0 Å². The van der Waals surface area contributed by atoms with Crippen LogP contribution in [0, 0.1) is 0 Å². The van der Waals surface area contributed by atoms with Crippen molar-refractivity contribution in [3.05, 3.63) is 0 Å². The second-order valence-electron chi connectivity index (χ2n) is 6.31. The molecule has 2 aliphatic rings. The van der Waals surface area contributed by atoms with Crippen LogP contribution in [0.5, 0.6) is 0 Å². The Kier molecular flexibility index (Phi) is 5.41. The molecule has 2 saturated heterocycles. The molecule has 2 unspecified atom stereocenters. The highest BCUT2D eigenvalue weighted by atomic mass is 16.5. The quantitative estimate of drug-likeness (QED) is 0.727. The van der Waals surface area contributed by atoms with Gasteiger partial charge in [-0.15, -0.1) is 0 Å². The average molecular weight is 283 g/mol. The average Bonchev–Trinajstić information content (AvgIpc) is 2.93. The molecule has 2 rings (SSSR count). The number of likely N-dealkylation sites (N-methyl/N-ethyl adjacent to an activating group) is 1. The Balaban J connectivity index is 1.74. The number of rotatable bonds is 6. The Hall–Kier alpha value is -0.650. The number of nitrogens with one attached hydrogen (secondary N) is 1. The van der Waals surface area contributed by atoms with E-state index in [0.717, 1.165) is 25.4 Å². The molecule has 0 saturated carbocycles. The summed E-state index contributed by atoms with van der Waals surface area (Å²) in [6.45, 7) is 7.88. The van der Waals surface area contributed by atoms with E-state index in [1.54, 1.807) is 0 Å². The molecule has 116 valence electrons. The fourth-order valence-electron chi connectivity index (χ4n) is 3.47. The van der Waals surface area contributed by atoms with Crippen molar-refractivity contribution in [2.24, 2.45) is 0 Å². The second kappa shape index (κ2) is 6.87. The molecule has 2 atom stereocenters. The monoisotopic (exact) mass is 283 g/mol. The Labute approximate surface area is 122 Å². The van der Waals surface area contributed by atoms with Crippen molar-refractivity contribution in [2.45, 2.75) is 44.2 Å². The maximum Gasteiger partial charge on any atom is 0.325 e. The first-order valence-corrected chi connectivity index (χ1v) is 7.83. The Morgan fingerprint density at radius 2 is 2.20 bits per heavy atom. The Bertz CT molecular complexity index is 337. The van der Waals surface area contributed by atoms with Crippen LogP contribution in [0.2, 0.25) is 0 Å². The van der Waals surface area contributed by atoms with Gasteiger partial charge in [0.15, 0.2) is 0 Å². The summed E-state index contributed by atoms with van der Waals surface area (Å²) in [6.07, 6.45) is 4.56. The maximum absolute atomic E-state index is 11.8. The second-order valence-corrected chi connectivity index (χ2v) is 6.31. The molecule has 0 spiro atoms. The zero-order valence-electron chi connectivity index (χ0n) is 13.2. The first-order chi connectivity index (χ1) is 9.59. The van der Waals surface area contributed by atoms with Gasteiger partial charge in [-0.1, -0.05) is 0 Å². The van der Waals surface area contributed by atoms with Gasteiger partial charge < -0.3 is 15.0 Å². The minimum Gasteiger partial charge on any atom is -0.468 e. The molecule has 2 aliphatic heterocycles. The fraction of sp³-hybridized carbons (Fsp3) is 0.933. The van der Waals surface area contributed by atoms with Crippen molar-refractivity contribution in [1.29, 1.82) is 0 Å². The molecule has 0 aromatic rings. The van der Waals surface area contributed by atoms with Crippen LogP contribution in [0.3, 0.4) is 0 Å². The lowest BCUT2D eigenvalue weighted by Crippen LogP contribution is -2.51. The summed E-state index contributed by atoms with van der Waals surface area (Å²) in [5.74, 6) is -0.166. The summed E-state index contributed by atoms with van der Waals surface area (Å²) in [5, 5.41) is 3.10. The van der Waals surface area contributed by atoms with Crippen LogP contribution in [0.1, 0.15) is 32.6 Å². The van der Waals surface area contributed by atoms with Gasteiger partial charge >= 0.3 is 5.97 Å². The molecule has 0 aromatic heterocycles. The molecule has 0 bridgehead atoms. The topological polar surface area (TPSA) is 44.8 Å². The summed E-state index contributed by atoms with van der Waals surface area (Å²) in [6, 6.07) is 0.778. The van der Waals surface area contributed by atoms with Crippen molar-refractivity contribution < 1.29 is 9.53 Å². The van der Waals surface area contributed by atoms with Crippen LogP contribution in [-0.2, 0) is 9.53 Å². The Morgan fingerprint density at radius 1 is 1.40 bits per heavy atom. The largest absolute Gasteiger partial charge is 0.468 e. The minimum atomic E-state index is -0.552. The fourth-order valence-corrected chi connectivity index (χ4v) is 3.47. The van der Waals surface area contributed by atoms with E-state index in [0.29, 0.717) is 0 Å². The van der Waals surface area contributed by atoms with Gasteiger partial charge in [0.25, 0.3) is 0 Å². The highest BCUT2D eigenvalue weighted by Gasteiger charge is 2.33. The lowest BCUT2D eigenvalue weighted by molar-refractivity contribution is -0.148. The first-order valence-electron chi connectivity index (χ1n) is 7.83. The van der Waals surface area contributed by atoms with E-state index >= 15 is 0 Å². The molecule has 0 aliphatic carbocycles. The molecule has 2 heterocycles. The summed E-state index contributed by atoms with van der Waals surface area (Å²) >= 11 is 0. The van der Waals surface area contributed by atoms with E-state index in [1.807, 2.05) is 14.0 Å². The highest BCUT2D eigenvalue weighted by Crippen LogP contribution is 2.22. The number of carbonyl (C=O) groups excluding carboxylic acids is 1. The van der Waals surface area contributed by atoms with Crippen LogP contribution < -0.4 is 5.32 Å². The summed E-state index contributed by atoms with van der Waals surface area (Å²) in [5.41, 5.74) is -0.552. The van der Waals surface area contributed by atoms with Crippen LogP contribution in [0.25, 0.3) is 0 Å². The van der Waals surface area contributed by atoms with E-state index < -0.39 is 5.54 Å². The summed E-state index contributed by atoms with van der Waals surface area (Å²) in [7, 11) is 3.28. The third-order valence-electron chi connectivity index (χ3n) is 5.01. The number of hydrogen-bond acceptors (Lipinski definition) is 5. The number of hydrogen-bond donors (Lipinski definition) is 1. The van der Waals surface area contributed by atoms with Crippen LogP contribution in [0.4, 0.5) is 0 Å².